The molecule has 7 aliphatic rings. The van der Waals surface area contributed by atoms with Gasteiger partial charge in [-0.2, -0.15) is 9.59 Å². The van der Waals surface area contributed by atoms with Crippen molar-refractivity contribution < 1.29 is 28.7 Å². The van der Waals surface area contributed by atoms with E-state index in [1.54, 1.807) is 0 Å². The number of esters is 1. The van der Waals surface area contributed by atoms with Crippen molar-refractivity contribution in [3.63, 3.8) is 0 Å². The number of Topliss-reactive ketones (excluding diaryl/α,β-unsaturated/α-hetero) is 1. The molecule has 6 aliphatic carbocycles. The highest BCUT2D eigenvalue weighted by molar-refractivity contribution is 6.07. The first-order valence-corrected chi connectivity index (χ1v) is 24.1. The summed E-state index contributed by atoms with van der Waals surface area (Å²) in [5.74, 6) is 2.15. The zero-order chi connectivity index (χ0) is 44.6. The lowest BCUT2D eigenvalue weighted by Crippen LogP contribution is -2.66. The van der Waals surface area contributed by atoms with Crippen molar-refractivity contribution in [2.24, 2.45) is 68.0 Å². The second-order valence-electron chi connectivity index (χ2n) is 24.0. The molecule has 1 saturated heterocycles. The van der Waals surface area contributed by atoms with Crippen molar-refractivity contribution >= 4 is 23.8 Å². The van der Waals surface area contributed by atoms with Gasteiger partial charge < -0.3 is 15.0 Å². The second-order valence-corrected chi connectivity index (χ2v) is 24.0. The third-order valence-electron chi connectivity index (χ3n) is 19.4. The molecule has 1 aliphatic heterocycles. The van der Waals surface area contributed by atoms with Gasteiger partial charge in [-0.05, 0) is 172 Å². The fourth-order valence-corrected chi connectivity index (χ4v) is 15.9. The van der Waals surface area contributed by atoms with Gasteiger partial charge in [-0.1, -0.05) is 92.6 Å². The molecule has 8 heteroatoms. The van der Waals surface area contributed by atoms with E-state index >= 15 is 0 Å². The maximum atomic E-state index is 14.9. The van der Waals surface area contributed by atoms with Gasteiger partial charge in [-0.25, -0.2) is 0 Å². The molecule has 0 radical (unpaired) electrons. The Hall–Kier alpha value is -3.09. The second kappa shape index (κ2) is 16.2. The quantitative estimate of drug-likeness (QED) is 0.247. The van der Waals surface area contributed by atoms with Crippen LogP contribution >= 0.6 is 0 Å². The van der Waals surface area contributed by atoms with Crippen LogP contribution in [0.1, 0.15) is 159 Å². The maximum Gasteiger partial charge on any atom is 0.373 e. The molecule has 8 nitrogen and oxygen atoms in total. The van der Waals surface area contributed by atoms with Crippen LogP contribution in [0.15, 0.2) is 41.5 Å². The summed E-state index contributed by atoms with van der Waals surface area (Å²) in [6, 6.07) is 10.7. The summed E-state index contributed by atoms with van der Waals surface area (Å²) in [7, 11) is 0. The number of hydrogen-bond acceptors (Lipinski definition) is 7. The predicted molar refractivity (Wildman–Crippen MR) is 238 cm³/mol. The summed E-state index contributed by atoms with van der Waals surface area (Å²) in [6.07, 6.45) is 13.1. The molecule has 6 fully saturated rings. The lowest BCUT2D eigenvalue weighted by Gasteiger charge is -2.72. The summed E-state index contributed by atoms with van der Waals surface area (Å²) < 4.78 is 6.68. The number of ketones is 1. The Kier molecular flexibility index (Phi) is 12.2. The van der Waals surface area contributed by atoms with Crippen LogP contribution in [0.5, 0.6) is 0 Å². The normalized spacial score (nSPS) is 38.7. The number of nitrogens with one attached hydrogen (secondary N) is 1. The van der Waals surface area contributed by atoms with E-state index in [2.05, 4.69) is 117 Å². The van der Waals surface area contributed by atoms with E-state index < -0.39 is 5.41 Å². The highest BCUT2D eigenvalue weighted by atomic mass is 16.5. The van der Waals surface area contributed by atoms with Crippen molar-refractivity contribution in [2.75, 3.05) is 19.6 Å². The van der Waals surface area contributed by atoms with Gasteiger partial charge >= 0.3 is 12.1 Å². The number of nitrogens with zero attached hydrogens (tertiary/aromatic N) is 1. The minimum atomic E-state index is -0.728. The zero-order valence-electron chi connectivity index (χ0n) is 39.6. The smallest absolute Gasteiger partial charge is 0.373 e. The number of carbonyl (C=O) groups excluding carboxylic acids is 5. The minimum Gasteiger partial charge on any atom is -0.462 e. The molecule has 336 valence electrons. The van der Waals surface area contributed by atoms with Gasteiger partial charge in [0.05, 0.1) is 11.3 Å². The highest BCUT2D eigenvalue weighted by Gasteiger charge is 2.71. The Morgan fingerprint density at radius 2 is 1.51 bits per heavy atom. The lowest BCUT2D eigenvalue weighted by atomic mass is 9.33. The van der Waals surface area contributed by atoms with Crippen LogP contribution in [0.3, 0.4) is 0 Å². The monoisotopic (exact) mass is 839 g/mol. The van der Waals surface area contributed by atoms with Crippen LogP contribution in [0.2, 0.25) is 0 Å². The molecule has 0 spiro atoms. The van der Waals surface area contributed by atoms with Crippen molar-refractivity contribution in [2.45, 2.75) is 171 Å². The Morgan fingerprint density at radius 3 is 2.13 bits per heavy atom. The number of allylic oxidation sites excluding steroid dienone is 1. The molecule has 1 heterocycles. The Balaban J connectivity index is 0.00000182. The molecule has 0 bridgehead atoms. The van der Waals surface area contributed by atoms with E-state index in [1.807, 2.05) is 0 Å². The molecular weight excluding hydrogens is 761 g/mol. The Morgan fingerprint density at radius 1 is 0.852 bits per heavy atom. The molecule has 61 heavy (non-hydrogen) atoms. The molecule has 0 unspecified atom stereocenters. The van der Waals surface area contributed by atoms with Crippen molar-refractivity contribution in [1.82, 2.24) is 10.2 Å². The molecule has 1 N–H and O–H groups in total. The summed E-state index contributed by atoms with van der Waals surface area (Å²) in [5.41, 5.74) is 2.51. The van der Waals surface area contributed by atoms with Crippen LogP contribution in [0, 0.1) is 68.0 Å². The number of likely N-dealkylation sites (tertiary alicyclic amines) is 1. The molecular formula is C53H78N2O6. The van der Waals surface area contributed by atoms with Gasteiger partial charge in [0.25, 0.3) is 0 Å². The topological polar surface area (TPSA) is 110 Å². The number of ether oxygens (including phenoxy) is 1. The SMILES string of the molecule is CC(C)C1=C2[C@H]3CC[C@@H]4[C@@]5(C)CC[C@H](OC(=O)[C@H]6C[C@@H](Cc7ccccc7)C6(C)C)C(C)(C)[C@@H]5CC[C@@]4(C)[C@]3(C)CC[C@@]2(C(=O)NC(C)(C)CN2CCCC2)CC1=O.O=C=O. The average Bonchev–Trinajstić information content (AvgIpc) is 3.80. The number of rotatable bonds is 9. The van der Waals surface area contributed by atoms with E-state index in [0.29, 0.717) is 24.2 Å². The van der Waals surface area contributed by atoms with Gasteiger partial charge in [-0.3, -0.25) is 14.4 Å². The summed E-state index contributed by atoms with van der Waals surface area (Å²) >= 11 is 0. The van der Waals surface area contributed by atoms with Crippen LogP contribution in [0.4, 0.5) is 0 Å². The Labute approximate surface area is 367 Å². The minimum absolute atomic E-state index is 0.00159. The number of benzene rings is 1. The van der Waals surface area contributed by atoms with E-state index in [4.69, 9.17) is 14.3 Å². The van der Waals surface area contributed by atoms with Crippen molar-refractivity contribution in [3.8, 4) is 0 Å². The number of fused-ring (bicyclic) bond motifs is 7. The molecule has 1 aromatic carbocycles. The van der Waals surface area contributed by atoms with E-state index in [1.165, 1.54) is 24.0 Å². The molecule has 0 aromatic heterocycles. The number of amides is 1. The molecule has 1 amide bonds. The Bertz CT molecular complexity index is 1920. The van der Waals surface area contributed by atoms with E-state index in [-0.39, 0.29) is 80.3 Å². The first-order chi connectivity index (χ1) is 28.5. The third-order valence-corrected chi connectivity index (χ3v) is 19.4. The molecule has 10 atom stereocenters. The lowest BCUT2D eigenvalue weighted by molar-refractivity contribution is -0.236. The maximum absolute atomic E-state index is 14.9. The number of hydrogen-bond donors (Lipinski definition) is 1. The fraction of sp³-hybridized carbons (Fsp3) is 0.774. The first kappa shape index (κ1) is 45.9. The van der Waals surface area contributed by atoms with Crippen LogP contribution in [-0.2, 0) is 35.1 Å². The fourth-order valence-electron chi connectivity index (χ4n) is 15.9. The summed E-state index contributed by atoms with van der Waals surface area (Å²) in [6.45, 7) is 28.9. The van der Waals surface area contributed by atoms with Gasteiger partial charge in [-0.15, -0.1) is 0 Å². The van der Waals surface area contributed by atoms with Gasteiger partial charge in [0.2, 0.25) is 5.91 Å². The number of carbonyl (C=O) groups is 3. The summed E-state index contributed by atoms with van der Waals surface area (Å²) in [5, 5.41) is 3.57. The largest absolute Gasteiger partial charge is 0.462 e. The van der Waals surface area contributed by atoms with Crippen LogP contribution < -0.4 is 5.32 Å². The summed E-state index contributed by atoms with van der Waals surface area (Å²) in [4.78, 5) is 61.9. The van der Waals surface area contributed by atoms with Crippen LogP contribution in [-0.4, -0.2) is 60.0 Å². The van der Waals surface area contributed by atoms with Gasteiger partial charge in [0.15, 0.2) is 5.78 Å². The van der Waals surface area contributed by atoms with Crippen molar-refractivity contribution in [3.05, 3.63) is 47.0 Å². The average molecular weight is 839 g/mol. The molecule has 1 aromatic rings. The van der Waals surface area contributed by atoms with Crippen LogP contribution in [0.25, 0.3) is 0 Å². The third kappa shape index (κ3) is 7.44. The standard InChI is InChI=1S/C52H78N2O4.CO2/c1-33(2)42-38(55)31-52(45(57)53-46(3,4)32-54-27-15-16-28-54)26-25-50(10)36(43(42)52)19-20-40-49(9)23-22-41(48(7,8)39(49)21-24-51(40,50)11)58-44(56)37-30-35(47(37,5)6)29-34-17-13-12-14-18-34;2-1-3/h12-14,17-18,33,35-37,39-41H,15-16,19-32H2,1-11H3,(H,53,57);/t35-,36-,37-,39+,40-,41+,49+,50-,51-,52-;/m1./s1. The molecule has 8 rings (SSSR count). The van der Waals surface area contributed by atoms with Crippen molar-refractivity contribution in [1.29, 1.82) is 0 Å². The van der Waals surface area contributed by atoms with E-state index in [9.17, 15) is 14.4 Å². The van der Waals surface area contributed by atoms with E-state index in [0.717, 1.165) is 89.4 Å². The first-order valence-electron chi connectivity index (χ1n) is 24.1. The van der Waals surface area contributed by atoms with Gasteiger partial charge in [0.1, 0.15) is 6.10 Å². The molecule has 5 saturated carbocycles. The zero-order valence-corrected chi connectivity index (χ0v) is 39.6. The predicted octanol–water partition coefficient (Wildman–Crippen LogP) is 10.2. The highest BCUT2D eigenvalue weighted by Crippen LogP contribution is 2.77. The van der Waals surface area contributed by atoms with Gasteiger partial charge in [0, 0.05) is 23.9 Å².